The van der Waals surface area contributed by atoms with Crippen molar-refractivity contribution in [3.8, 4) is 0 Å². The number of nitrogens with one attached hydrogen (secondary N) is 1. The minimum atomic E-state index is -0.225. The average Bonchev–Trinajstić information content (AvgIpc) is 3.01. The molecule has 3 heterocycles. The van der Waals surface area contributed by atoms with Gasteiger partial charge in [0.25, 0.3) is 5.91 Å². The maximum atomic E-state index is 12.3. The van der Waals surface area contributed by atoms with Gasteiger partial charge in [-0.05, 0) is 32.4 Å². The van der Waals surface area contributed by atoms with Crippen LogP contribution in [0.1, 0.15) is 36.1 Å². The Labute approximate surface area is 145 Å². The largest absolute Gasteiger partial charge is 0.372 e. The van der Waals surface area contributed by atoms with E-state index in [-0.39, 0.29) is 18.1 Å². The number of hydrogen-bond acceptors (Lipinski definition) is 7. The molecule has 3 rings (SSSR count). The smallest absolute Gasteiger partial charge is 0.259 e. The second-order valence-corrected chi connectivity index (χ2v) is 6.94. The summed E-state index contributed by atoms with van der Waals surface area (Å²) in [5.41, 5.74) is 0.501. The maximum absolute atomic E-state index is 12.3. The van der Waals surface area contributed by atoms with Gasteiger partial charge in [0, 0.05) is 19.3 Å². The number of rotatable bonds is 4. The van der Waals surface area contributed by atoms with Crippen LogP contribution in [-0.2, 0) is 11.2 Å². The van der Waals surface area contributed by atoms with Crippen LogP contribution in [0.3, 0.4) is 0 Å². The monoisotopic (exact) mass is 347 g/mol. The van der Waals surface area contributed by atoms with Gasteiger partial charge in [-0.25, -0.2) is 4.98 Å². The van der Waals surface area contributed by atoms with Gasteiger partial charge in [-0.15, -0.1) is 10.2 Å². The summed E-state index contributed by atoms with van der Waals surface area (Å²) < 4.78 is 5.73. The molecule has 2 aromatic rings. The Morgan fingerprint density at radius 1 is 1.33 bits per heavy atom. The Bertz CT molecular complexity index is 693. The highest BCUT2D eigenvalue weighted by molar-refractivity contribution is 7.15. The van der Waals surface area contributed by atoms with Gasteiger partial charge < -0.3 is 9.64 Å². The van der Waals surface area contributed by atoms with Crippen LogP contribution in [0.25, 0.3) is 0 Å². The van der Waals surface area contributed by atoms with Crippen LogP contribution in [0.15, 0.2) is 18.3 Å². The molecular formula is C16H21N5O2S. The third kappa shape index (κ3) is 3.88. The summed E-state index contributed by atoms with van der Waals surface area (Å²) in [5.74, 6) is 0.634. The molecule has 1 N–H and O–H groups in total. The number of hydrogen-bond donors (Lipinski definition) is 1. The van der Waals surface area contributed by atoms with Crippen LogP contribution >= 0.6 is 11.3 Å². The summed E-state index contributed by atoms with van der Waals surface area (Å²) in [6, 6.07) is 3.65. The summed E-state index contributed by atoms with van der Waals surface area (Å²) in [4.78, 5) is 18.9. The zero-order chi connectivity index (χ0) is 17.1. The Morgan fingerprint density at radius 3 is 2.67 bits per heavy atom. The third-order valence-corrected chi connectivity index (χ3v) is 4.73. The fourth-order valence-electron chi connectivity index (χ4n) is 2.69. The first-order valence-corrected chi connectivity index (χ1v) is 8.87. The first-order valence-electron chi connectivity index (χ1n) is 8.05. The van der Waals surface area contributed by atoms with Gasteiger partial charge in [0.2, 0.25) is 5.13 Å². The summed E-state index contributed by atoms with van der Waals surface area (Å²) in [7, 11) is 0. The van der Waals surface area contributed by atoms with E-state index in [0.29, 0.717) is 10.7 Å². The zero-order valence-corrected chi connectivity index (χ0v) is 14.8. The molecule has 8 heteroatoms. The van der Waals surface area contributed by atoms with E-state index >= 15 is 0 Å². The van der Waals surface area contributed by atoms with Crippen LogP contribution in [0, 0.1) is 0 Å². The summed E-state index contributed by atoms with van der Waals surface area (Å²) in [6.07, 6.45) is 2.74. The molecular weight excluding hydrogens is 326 g/mol. The molecule has 7 nitrogen and oxygen atoms in total. The van der Waals surface area contributed by atoms with E-state index in [2.05, 4.69) is 39.2 Å². The summed E-state index contributed by atoms with van der Waals surface area (Å²) in [6.45, 7) is 7.71. The fourth-order valence-corrected chi connectivity index (χ4v) is 3.36. The first kappa shape index (κ1) is 16.8. The van der Waals surface area contributed by atoms with Crippen LogP contribution in [0.4, 0.5) is 10.9 Å². The number of carbonyl (C=O) groups excluding carboxylic acids is 1. The SMILES string of the molecule is CCc1nnc(NC(=O)c2ccc(N3CC(C)OC(C)C3)nc2)s1. The highest BCUT2D eigenvalue weighted by Gasteiger charge is 2.23. The Morgan fingerprint density at radius 2 is 2.08 bits per heavy atom. The van der Waals surface area contributed by atoms with Crippen LogP contribution < -0.4 is 10.2 Å². The lowest BCUT2D eigenvalue weighted by Gasteiger charge is -2.36. The van der Waals surface area contributed by atoms with Crippen molar-refractivity contribution in [2.75, 3.05) is 23.3 Å². The van der Waals surface area contributed by atoms with Crippen molar-refractivity contribution in [2.24, 2.45) is 0 Å². The molecule has 0 radical (unpaired) electrons. The third-order valence-electron chi connectivity index (χ3n) is 3.74. The van der Waals surface area contributed by atoms with Crippen molar-refractivity contribution >= 4 is 28.2 Å². The van der Waals surface area contributed by atoms with Crippen molar-refractivity contribution in [2.45, 2.75) is 39.4 Å². The van der Waals surface area contributed by atoms with Gasteiger partial charge in [0.1, 0.15) is 10.8 Å². The maximum Gasteiger partial charge on any atom is 0.259 e. The van der Waals surface area contributed by atoms with Gasteiger partial charge in [-0.2, -0.15) is 0 Å². The minimum Gasteiger partial charge on any atom is -0.372 e. The zero-order valence-electron chi connectivity index (χ0n) is 14.0. The molecule has 1 amide bonds. The Balaban J connectivity index is 1.66. The fraction of sp³-hybridized carbons (Fsp3) is 0.500. The van der Waals surface area contributed by atoms with Gasteiger partial charge in [-0.3, -0.25) is 10.1 Å². The Kier molecular flexibility index (Phi) is 5.06. The predicted molar refractivity (Wildman–Crippen MR) is 93.7 cm³/mol. The van der Waals surface area contributed by atoms with Crippen molar-refractivity contribution in [3.05, 3.63) is 28.9 Å². The molecule has 0 aliphatic carbocycles. The lowest BCUT2D eigenvalue weighted by Crippen LogP contribution is -2.45. The quantitative estimate of drug-likeness (QED) is 0.914. The number of anilines is 2. The van der Waals surface area contributed by atoms with Crippen LogP contribution in [0.2, 0.25) is 0 Å². The number of morpholine rings is 1. The van der Waals surface area contributed by atoms with Crippen LogP contribution in [-0.4, -0.2) is 46.4 Å². The molecule has 128 valence electrons. The molecule has 2 unspecified atom stereocenters. The van der Waals surface area contributed by atoms with Gasteiger partial charge >= 0.3 is 0 Å². The molecule has 2 atom stereocenters. The standard InChI is InChI=1S/C16H21N5O2S/c1-4-14-19-20-16(24-14)18-15(22)12-5-6-13(17-7-12)21-8-10(2)23-11(3)9-21/h5-7,10-11H,4,8-9H2,1-3H3,(H,18,20,22). The molecule has 0 aromatic carbocycles. The lowest BCUT2D eigenvalue weighted by atomic mass is 10.2. The van der Waals surface area contributed by atoms with E-state index in [4.69, 9.17) is 4.74 Å². The van der Waals surface area contributed by atoms with Gasteiger partial charge in [0.15, 0.2) is 0 Å². The second kappa shape index (κ2) is 7.23. The molecule has 1 aliphatic rings. The summed E-state index contributed by atoms with van der Waals surface area (Å²) >= 11 is 1.39. The molecule has 1 saturated heterocycles. The number of pyridine rings is 1. The molecule has 0 bridgehead atoms. The molecule has 0 spiro atoms. The number of carbonyl (C=O) groups is 1. The van der Waals surface area contributed by atoms with Gasteiger partial charge in [-0.1, -0.05) is 18.3 Å². The number of aryl methyl sites for hydroxylation is 1. The van der Waals surface area contributed by atoms with Crippen molar-refractivity contribution in [1.29, 1.82) is 0 Å². The molecule has 1 aliphatic heterocycles. The van der Waals surface area contributed by atoms with E-state index < -0.39 is 0 Å². The van der Waals surface area contributed by atoms with E-state index in [9.17, 15) is 4.79 Å². The number of ether oxygens (including phenoxy) is 1. The lowest BCUT2D eigenvalue weighted by molar-refractivity contribution is -0.00546. The molecule has 1 fully saturated rings. The molecule has 24 heavy (non-hydrogen) atoms. The van der Waals surface area contributed by atoms with Crippen molar-refractivity contribution in [3.63, 3.8) is 0 Å². The normalized spacial score (nSPS) is 20.9. The Hall–Kier alpha value is -2.06. The minimum absolute atomic E-state index is 0.170. The van der Waals surface area contributed by atoms with E-state index in [1.165, 1.54) is 11.3 Å². The van der Waals surface area contributed by atoms with Gasteiger partial charge in [0.05, 0.1) is 17.8 Å². The molecule has 0 saturated carbocycles. The average molecular weight is 347 g/mol. The topological polar surface area (TPSA) is 80.2 Å². The highest BCUT2D eigenvalue weighted by Crippen LogP contribution is 2.20. The first-order chi connectivity index (χ1) is 11.5. The van der Waals surface area contributed by atoms with Crippen LogP contribution in [0.5, 0.6) is 0 Å². The summed E-state index contributed by atoms with van der Waals surface area (Å²) in [5, 5.41) is 12.1. The van der Waals surface area contributed by atoms with E-state index in [1.54, 1.807) is 12.3 Å². The number of amides is 1. The highest BCUT2D eigenvalue weighted by atomic mass is 32.1. The van der Waals surface area contributed by atoms with E-state index in [0.717, 1.165) is 30.3 Å². The van der Waals surface area contributed by atoms with Crippen molar-refractivity contribution < 1.29 is 9.53 Å². The van der Waals surface area contributed by atoms with Crippen molar-refractivity contribution in [1.82, 2.24) is 15.2 Å². The predicted octanol–water partition coefficient (Wildman–Crippen LogP) is 2.36. The number of aromatic nitrogens is 3. The van der Waals surface area contributed by atoms with E-state index in [1.807, 2.05) is 13.0 Å². The number of nitrogens with zero attached hydrogens (tertiary/aromatic N) is 4. The second-order valence-electron chi connectivity index (χ2n) is 5.88. The molecule has 2 aromatic heterocycles.